The van der Waals surface area contributed by atoms with E-state index in [9.17, 15) is 14.7 Å². The number of aliphatic carboxylic acids is 1. The number of nitrogens with one attached hydrogen (secondary N) is 1. The van der Waals surface area contributed by atoms with Crippen LogP contribution in [0.5, 0.6) is 11.5 Å². The Labute approximate surface area is 142 Å². The van der Waals surface area contributed by atoms with Gasteiger partial charge in [0.15, 0.2) is 0 Å². The normalized spacial score (nSPS) is 21.5. The van der Waals surface area contributed by atoms with Gasteiger partial charge in [-0.25, -0.2) is 4.79 Å². The lowest BCUT2D eigenvalue weighted by Gasteiger charge is -2.26. The number of carbonyl (C=O) groups is 2. The van der Waals surface area contributed by atoms with Crippen LogP contribution in [0.25, 0.3) is 0 Å². The number of benzene rings is 1. The van der Waals surface area contributed by atoms with E-state index in [0.29, 0.717) is 30.8 Å². The highest BCUT2D eigenvalue weighted by Gasteiger charge is 2.48. The third-order valence-corrected chi connectivity index (χ3v) is 4.58. The van der Waals surface area contributed by atoms with Crippen LogP contribution in [0.3, 0.4) is 0 Å². The highest BCUT2D eigenvalue weighted by Crippen LogP contribution is 2.51. The molecule has 0 spiro atoms. The number of ether oxygens (including phenoxy) is 2. The van der Waals surface area contributed by atoms with Crippen molar-refractivity contribution >= 4 is 11.9 Å². The number of methoxy groups -OCH3 is 2. The highest BCUT2D eigenvalue weighted by molar-refractivity contribution is 5.90. The van der Waals surface area contributed by atoms with E-state index in [1.54, 1.807) is 21.1 Å². The number of hydrogen-bond donors (Lipinski definition) is 2. The van der Waals surface area contributed by atoms with Crippen molar-refractivity contribution in [3.8, 4) is 11.5 Å². The first-order valence-electron chi connectivity index (χ1n) is 8.13. The first-order chi connectivity index (χ1) is 11.4. The minimum Gasteiger partial charge on any atom is -0.497 e. The van der Waals surface area contributed by atoms with E-state index in [2.05, 4.69) is 5.32 Å². The number of carboxylic acid groups (broad SMARTS) is 1. The van der Waals surface area contributed by atoms with Gasteiger partial charge in [-0.3, -0.25) is 4.79 Å². The van der Waals surface area contributed by atoms with Crippen molar-refractivity contribution in [2.45, 2.75) is 44.6 Å². The van der Waals surface area contributed by atoms with Gasteiger partial charge >= 0.3 is 5.97 Å². The Kier molecular flexibility index (Phi) is 5.36. The Morgan fingerprint density at radius 1 is 1.33 bits per heavy atom. The van der Waals surface area contributed by atoms with Crippen molar-refractivity contribution in [1.82, 2.24) is 5.32 Å². The average molecular weight is 335 g/mol. The Morgan fingerprint density at radius 2 is 2.04 bits per heavy atom. The Morgan fingerprint density at radius 3 is 2.58 bits per heavy atom. The molecule has 0 radical (unpaired) electrons. The van der Waals surface area contributed by atoms with Crippen molar-refractivity contribution in [3.05, 3.63) is 23.8 Å². The number of amides is 1. The molecule has 1 saturated carbocycles. The molecule has 3 atom stereocenters. The maximum Gasteiger partial charge on any atom is 0.329 e. The molecular weight excluding hydrogens is 310 g/mol. The Balaban J connectivity index is 2.12. The molecule has 0 saturated heterocycles. The molecule has 1 amide bonds. The molecular formula is C18H25NO5. The fraction of sp³-hybridized carbons (Fsp3) is 0.556. The molecule has 6 heteroatoms. The van der Waals surface area contributed by atoms with Crippen molar-refractivity contribution < 1.29 is 24.2 Å². The highest BCUT2D eigenvalue weighted by atomic mass is 16.5. The molecule has 6 nitrogen and oxygen atoms in total. The van der Waals surface area contributed by atoms with Gasteiger partial charge in [-0.15, -0.1) is 0 Å². The molecule has 2 N–H and O–H groups in total. The fourth-order valence-electron chi connectivity index (χ4n) is 3.05. The summed E-state index contributed by atoms with van der Waals surface area (Å²) in [7, 11) is 3.18. The molecule has 1 aromatic rings. The van der Waals surface area contributed by atoms with Gasteiger partial charge in [0.1, 0.15) is 17.0 Å². The molecule has 1 aliphatic carbocycles. The van der Waals surface area contributed by atoms with Crippen LogP contribution < -0.4 is 14.8 Å². The average Bonchev–Trinajstić information content (AvgIpc) is 3.34. The standard InChI is InChI=1S/C18H25NO5/c1-5-8-18(2,17(21)22)19-16(20)14-10-12(14)13-9-11(23-3)6-7-15(13)24-4/h6-7,9,12,14H,5,8,10H2,1-4H3,(H,19,20)(H,21,22). The van der Waals surface area contributed by atoms with Crippen LogP contribution in [-0.4, -0.2) is 36.7 Å². The van der Waals surface area contributed by atoms with E-state index >= 15 is 0 Å². The Hall–Kier alpha value is -2.24. The molecule has 1 fully saturated rings. The molecule has 1 aliphatic rings. The molecule has 0 aromatic heterocycles. The van der Waals surface area contributed by atoms with Crippen LogP contribution >= 0.6 is 0 Å². The van der Waals surface area contributed by atoms with Gasteiger partial charge in [-0.2, -0.15) is 0 Å². The van der Waals surface area contributed by atoms with E-state index in [0.717, 1.165) is 5.56 Å². The third kappa shape index (κ3) is 3.63. The number of hydrogen-bond acceptors (Lipinski definition) is 4. The fourth-order valence-corrected chi connectivity index (χ4v) is 3.05. The van der Waals surface area contributed by atoms with Crippen molar-refractivity contribution in [3.63, 3.8) is 0 Å². The largest absolute Gasteiger partial charge is 0.497 e. The first kappa shape index (κ1) is 18.1. The van der Waals surface area contributed by atoms with Gasteiger partial charge in [0.2, 0.25) is 5.91 Å². The zero-order chi connectivity index (χ0) is 17.9. The molecule has 3 unspecified atom stereocenters. The van der Waals surface area contributed by atoms with Gasteiger partial charge in [-0.05, 0) is 38.0 Å². The quantitative estimate of drug-likeness (QED) is 0.763. The number of rotatable bonds is 8. The monoisotopic (exact) mass is 335 g/mol. The van der Waals surface area contributed by atoms with Crippen molar-refractivity contribution in [2.75, 3.05) is 14.2 Å². The topological polar surface area (TPSA) is 84.9 Å². The van der Waals surface area contributed by atoms with Crippen molar-refractivity contribution in [1.29, 1.82) is 0 Å². The van der Waals surface area contributed by atoms with Gasteiger partial charge in [0.25, 0.3) is 0 Å². The van der Waals surface area contributed by atoms with Crippen molar-refractivity contribution in [2.24, 2.45) is 5.92 Å². The maximum absolute atomic E-state index is 12.5. The lowest BCUT2D eigenvalue weighted by atomic mass is 9.95. The van der Waals surface area contributed by atoms with E-state index < -0.39 is 11.5 Å². The van der Waals surface area contributed by atoms with Gasteiger partial charge < -0.3 is 19.9 Å². The SMILES string of the molecule is CCCC(C)(NC(=O)C1CC1c1cc(OC)ccc1OC)C(=O)O. The second kappa shape index (κ2) is 7.11. The summed E-state index contributed by atoms with van der Waals surface area (Å²) < 4.78 is 10.6. The molecule has 2 rings (SSSR count). The lowest BCUT2D eigenvalue weighted by molar-refractivity contribution is -0.147. The summed E-state index contributed by atoms with van der Waals surface area (Å²) in [6.07, 6.45) is 1.76. The van der Waals surface area contributed by atoms with Crippen LogP contribution in [0.2, 0.25) is 0 Å². The van der Waals surface area contributed by atoms with E-state index in [1.165, 1.54) is 0 Å². The predicted octanol–water partition coefficient (Wildman–Crippen LogP) is 2.57. The molecule has 0 aliphatic heterocycles. The summed E-state index contributed by atoms with van der Waals surface area (Å²) in [4.78, 5) is 24.0. The van der Waals surface area contributed by atoms with Crippen LogP contribution in [0, 0.1) is 5.92 Å². The van der Waals surface area contributed by atoms with Gasteiger partial charge in [0.05, 0.1) is 14.2 Å². The predicted molar refractivity (Wildman–Crippen MR) is 89.5 cm³/mol. The molecule has 132 valence electrons. The van der Waals surface area contributed by atoms with Gasteiger partial charge in [0, 0.05) is 17.4 Å². The second-order valence-corrected chi connectivity index (χ2v) is 6.43. The molecule has 1 aromatic carbocycles. The van der Waals surface area contributed by atoms with Crippen LogP contribution in [0.4, 0.5) is 0 Å². The van der Waals surface area contributed by atoms with E-state index in [1.807, 2.05) is 25.1 Å². The summed E-state index contributed by atoms with van der Waals surface area (Å²) in [5, 5.41) is 12.1. The number of carboxylic acids is 1. The minimum atomic E-state index is -1.22. The van der Waals surface area contributed by atoms with E-state index in [4.69, 9.17) is 9.47 Å². The van der Waals surface area contributed by atoms with Gasteiger partial charge in [-0.1, -0.05) is 13.3 Å². The molecule has 24 heavy (non-hydrogen) atoms. The van der Waals surface area contributed by atoms with Crippen LogP contribution in [0.1, 0.15) is 44.6 Å². The molecule has 0 bridgehead atoms. The number of carbonyl (C=O) groups excluding carboxylic acids is 1. The lowest BCUT2D eigenvalue weighted by Crippen LogP contribution is -2.52. The summed E-state index contributed by atoms with van der Waals surface area (Å²) in [6.45, 7) is 3.45. The summed E-state index contributed by atoms with van der Waals surface area (Å²) >= 11 is 0. The summed E-state index contributed by atoms with van der Waals surface area (Å²) in [6, 6.07) is 5.50. The van der Waals surface area contributed by atoms with Crippen LogP contribution in [-0.2, 0) is 9.59 Å². The zero-order valence-electron chi connectivity index (χ0n) is 14.6. The molecule has 0 heterocycles. The second-order valence-electron chi connectivity index (χ2n) is 6.43. The van der Waals surface area contributed by atoms with Crippen LogP contribution in [0.15, 0.2) is 18.2 Å². The third-order valence-electron chi connectivity index (χ3n) is 4.58. The minimum absolute atomic E-state index is 0.0229. The first-order valence-corrected chi connectivity index (χ1v) is 8.13. The zero-order valence-corrected chi connectivity index (χ0v) is 14.6. The maximum atomic E-state index is 12.5. The van der Waals surface area contributed by atoms with E-state index in [-0.39, 0.29) is 17.7 Å². The smallest absolute Gasteiger partial charge is 0.329 e. The summed E-state index contributed by atoms with van der Waals surface area (Å²) in [5.74, 6) is -0.0165. The summed E-state index contributed by atoms with van der Waals surface area (Å²) in [5.41, 5.74) is -0.304. The Bertz CT molecular complexity index is 630.